The summed E-state index contributed by atoms with van der Waals surface area (Å²) in [6, 6.07) is 20.1. The number of ether oxygens (including phenoxy) is 2. The summed E-state index contributed by atoms with van der Waals surface area (Å²) >= 11 is 0. The van der Waals surface area contributed by atoms with Gasteiger partial charge in [-0.25, -0.2) is 4.79 Å². The molecule has 1 aliphatic heterocycles. The predicted molar refractivity (Wildman–Crippen MR) is 136 cm³/mol. The molecule has 5 rings (SSSR count). The fourth-order valence-corrected chi connectivity index (χ4v) is 4.44. The van der Waals surface area contributed by atoms with Crippen molar-refractivity contribution in [3.8, 4) is 5.75 Å². The van der Waals surface area contributed by atoms with Gasteiger partial charge >= 0.3 is 5.97 Å². The lowest BCUT2D eigenvalue weighted by Crippen LogP contribution is -2.29. The molecule has 0 N–H and O–H groups in total. The van der Waals surface area contributed by atoms with Gasteiger partial charge in [0.05, 0.1) is 35.8 Å². The van der Waals surface area contributed by atoms with Crippen molar-refractivity contribution in [1.82, 2.24) is 0 Å². The number of amides is 1. The molecule has 0 aliphatic carbocycles. The van der Waals surface area contributed by atoms with Crippen molar-refractivity contribution in [2.24, 2.45) is 0 Å². The molecule has 36 heavy (non-hydrogen) atoms. The number of benzene rings is 3. The number of hydrogen-bond acceptors (Lipinski definition) is 6. The quantitative estimate of drug-likeness (QED) is 0.322. The minimum atomic E-state index is -0.706. The normalized spacial score (nSPS) is 14.7. The summed E-state index contributed by atoms with van der Waals surface area (Å²) in [5.41, 5.74) is 2.04. The topological polar surface area (TPSA) is 86.0 Å². The highest BCUT2D eigenvalue weighted by molar-refractivity contribution is 6.10. The van der Waals surface area contributed by atoms with Gasteiger partial charge in [-0.05, 0) is 67.4 Å². The molecule has 3 aromatic carbocycles. The van der Waals surface area contributed by atoms with E-state index >= 15 is 0 Å². The van der Waals surface area contributed by atoms with Crippen LogP contribution in [-0.4, -0.2) is 25.1 Å². The average Bonchev–Trinajstić information content (AvgIpc) is 3.20. The number of para-hydroxylation sites is 1. The van der Waals surface area contributed by atoms with Crippen LogP contribution in [0.4, 0.5) is 5.69 Å². The van der Waals surface area contributed by atoms with E-state index in [0.717, 1.165) is 12.0 Å². The van der Waals surface area contributed by atoms with Crippen molar-refractivity contribution in [3.63, 3.8) is 0 Å². The van der Waals surface area contributed by atoms with Crippen molar-refractivity contribution in [2.45, 2.75) is 26.3 Å². The third kappa shape index (κ3) is 4.02. The van der Waals surface area contributed by atoms with Gasteiger partial charge in [0.1, 0.15) is 11.3 Å². The first kappa shape index (κ1) is 23.4. The minimum Gasteiger partial charge on any atom is -0.494 e. The Morgan fingerprint density at radius 3 is 2.36 bits per heavy atom. The number of esters is 1. The molecule has 7 nitrogen and oxygen atoms in total. The van der Waals surface area contributed by atoms with E-state index in [9.17, 15) is 14.4 Å². The predicted octanol–water partition coefficient (Wildman–Crippen LogP) is 5.51. The number of rotatable bonds is 7. The van der Waals surface area contributed by atoms with Gasteiger partial charge in [-0.1, -0.05) is 31.2 Å². The Morgan fingerprint density at radius 1 is 0.944 bits per heavy atom. The molecule has 0 bridgehead atoms. The summed E-state index contributed by atoms with van der Waals surface area (Å²) in [6.45, 7) is 4.63. The first-order valence-electron chi connectivity index (χ1n) is 11.9. The summed E-state index contributed by atoms with van der Waals surface area (Å²) in [4.78, 5) is 41.0. The summed E-state index contributed by atoms with van der Waals surface area (Å²) in [5, 5.41) is 0.413. The Balaban J connectivity index is 1.64. The zero-order valence-electron chi connectivity index (χ0n) is 20.0. The van der Waals surface area contributed by atoms with Crippen LogP contribution in [0.2, 0.25) is 0 Å². The van der Waals surface area contributed by atoms with Gasteiger partial charge in [-0.3, -0.25) is 14.5 Å². The summed E-state index contributed by atoms with van der Waals surface area (Å²) < 4.78 is 16.8. The van der Waals surface area contributed by atoms with Crippen LogP contribution in [-0.2, 0) is 4.74 Å². The molecular weight excluding hydrogens is 458 g/mol. The third-order valence-corrected chi connectivity index (χ3v) is 6.10. The van der Waals surface area contributed by atoms with Crippen molar-refractivity contribution < 1.29 is 23.5 Å². The molecule has 0 spiro atoms. The minimum absolute atomic E-state index is 0.0180. The summed E-state index contributed by atoms with van der Waals surface area (Å²) in [6.07, 6.45) is 0.885. The largest absolute Gasteiger partial charge is 0.494 e. The molecule has 0 saturated heterocycles. The number of anilines is 1. The molecule has 1 atom stereocenters. The highest BCUT2D eigenvalue weighted by atomic mass is 16.5. The Labute approximate surface area is 207 Å². The van der Waals surface area contributed by atoms with E-state index in [1.165, 1.54) is 4.90 Å². The van der Waals surface area contributed by atoms with Gasteiger partial charge in [-0.15, -0.1) is 0 Å². The van der Waals surface area contributed by atoms with E-state index in [1.807, 2.05) is 31.2 Å². The van der Waals surface area contributed by atoms with E-state index in [0.29, 0.717) is 34.6 Å². The second kappa shape index (κ2) is 9.70. The van der Waals surface area contributed by atoms with Crippen LogP contribution < -0.4 is 15.1 Å². The SMILES string of the molecule is CCCOc1ccc(C2c3c(oc4ccccc4c3=O)C(=O)N2c2ccc(C(=O)OCC)cc2)cc1. The van der Waals surface area contributed by atoms with Gasteiger partial charge in [0.2, 0.25) is 5.76 Å². The molecule has 0 radical (unpaired) electrons. The molecule has 182 valence electrons. The molecule has 1 unspecified atom stereocenters. The lowest BCUT2D eigenvalue weighted by molar-refractivity contribution is 0.0526. The Bertz CT molecular complexity index is 1490. The molecule has 2 heterocycles. The standard InChI is InChI=1S/C29H25NO6/c1-3-17-35-21-15-11-18(12-16-21)25-24-26(31)22-7-5-6-8-23(22)36-27(24)28(32)30(25)20-13-9-19(10-14-20)29(33)34-4-2/h5-16,25H,3-4,17H2,1-2H3. The molecule has 1 aromatic heterocycles. The van der Waals surface area contributed by atoms with Crippen molar-refractivity contribution >= 4 is 28.5 Å². The Morgan fingerprint density at radius 2 is 1.67 bits per heavy atom. The molecule has 0 fully saturated rings. The molecular formula is C29H25NO6. The smallest absolute Gasteiger partial charge is 0.338 e. The molecule has 7 heteroatoms. The van der Waals surface area contributed by atoms with E-state index < -0.39 is 17.9 Å². The zero-order valence-corrected chi connectivity index (χ0v) is 20.0. The van der Waals surface area contributed by atoms with Gasteiger partial charge in [0.25, 0.3) is 5.91 Å². The van der Waals surface area contributed by atoms with Crippen LogP contribution in [0.1, 0.15) is 58.3 Å². The van der Waals surface area contributed by atoms with Gasteiger partial charge < -0.3 is 13.9 Å². The van der Waals surface area contributed by atoms with E-state index in [2.05, 4.69) is 0 Å². The number of nitrogens with zero attached hydrogens (tertiary/aromatic N) is 1. The van der Waals surface area contributed by atoms with Crippen LogP contribution >= 0.6 is 0 Å². The number of carbonyl (C=O) groups is 2. The molecule has 0 saturated carbocycles. The monoisotopic (exact) mass is 483 g/mol. The lowest BCUT2D eigenvalue weighted by atomic mass is 9.98. The van der Waals surface area contributed by atoms with Crippen molar-refractivity contribution in [3.05, 3.63) is 105 Å². The lowest BCUT2D eigenvalue weighted by Gasteiger charge is -2.25. The second-order valence-corrected chi connectivity index (χ2v) is 8.43. The summed E-state index contributed by atoms with van der Waals surface area (Å²) in [7, 11) is 0. The van der Waals surface area contributed by atoms with Crippen LogP contribution in [0.5, 0.6) is 5.75 Å². The van der Waals surface area contributed by atoms with Crippen LogP contribution in [0, 0.1) is 0 Å². The molecule has 4 aromatic rings. The summed E-state index contributed by atoms with van der Waals surface area (Å²) in [5.74, 6) is -0.138. The maximum absolute atomic E-state index is 13.7. The van der Waals surface area contributed by atoms with Crippen LogP contribution in [0.25, 0.3) is 11.0 Å². The van der Waals surface area contributed by atoms with E-state index in [1.54, 1.807) is 55.5 Å². The van der Waals surface area contributed by atoms with E-state index in [-0.39, 0.29) is 23.4 Å². The first-order valence-corrected chi connectivity index (χ1v) is 11.9. The first-order chi connectivity index (χ1) is 17.5. The number of hydrogen-bond donors (Lipinski definition) is 0. The van der Waals surface area contributed by atoms with Gasteiger partial charge in [-0.2, -0.15) is 0 Å². The average molecular weight is 484 g/mol. The van der Waals surface area contributed by atoms with Crippen LogP contribution in [0.15, 0.2) is 82.0 Å². The highest BCUT2D eigenvalue weighted by Crippen LogP contribution is 2.41. The Kier molecular flexibility index (Phi) is 6.29. The fourth-order valence-electron chi connectivity index (χ4n) is 4.44. The number of carbonyl (C=O) groups excluding carboxylic acids is 2. The van der Waals surface area contributed by atoms with E-state index in [4.69, 9.17) is 13.9 Å². The van der Waals surface area contributed by atoms with Crippen molar-refractivity contribution in [2.75, 3.05) is 18.1 Å². The second-order valence-electron chi connectivity index (χ2n) is 8.43. The molecule has 1 amide bonds. The maximum Gasteiger partial charge on any atom is 0.338 e. The third-order valence-electron chi connectivity index (χ3n) is 6.10. The van der Waals surface area contributed by atoms with Crippen molar-refractivity contribution in [1.29, 1.82) is 0 Å². The Hall–Kier alpha value is -4.39. The van der Waals surface area contributed by atoms with Gasteiger partial charge in [0, 0.05) is 5.69 Å². The van der Waals surface area contributed by atoms with Crippen LogP contribution in [0.3, 0.4) is 0 Å². The zero-order chi connectivity index (χ0) is 25.2. The maximum atomic E-state index is 13.7. The number of fused-ring (bicyclic) bond motifs is 2. The highest BCUT2D eigenvalue weighted by Gasteiger charge is 2.43. The fraction of sp³-hybridized carbons (Fsp3) is 0.207. The molecule has 1 aliphatic rings. The van der Waals surface area contributed by atoms with Gasteiger partial charge in [0.15, 0.2) is 5.43 Å².